The number of aromatic nitrogens is 1. The van der Waals surface area contributed by atoms with Crippen LogP contribution in [0, 0.1) is 5.92 Å². The molecule has 3 rings (SSSR count). The zero-order chi connectivity index (χ0) is 20.5. The zero-order valence-corrected chi connectivity index (χ0v) is 14.5. The highest BCUT2D eigenvalue weighted by Crippen LogP contribution is 2.32. The molecule has 28 heavy (non-hydrogen) atoms. The van der Waals surface area contributed by atoms with Crippen LogP contribution in [0.5, 0.6) is 0 Å². The first-order valence-corrected chi connectivity index (χ1v) is 8.29. The number of ketones is 1. The quantitative estimate of drug-likeness (QED) is 0.277. The van der Waals surface area contributed by atoms with Crippen molar-refractivity contribution in [3.05, 3.63) is 65.9 Å². The van der Waals surface area contributed by atoms with E-state index in [1.165, 1.54) is 30.4 Å². The summed E-state index contributed by atoms with van der Waals surface area (Å²) in [5, 5.41) is 2.12. The number of allylic oxidation sites excluding steroid dienone is 1. The van der Waals surface area contributed by atoms with Crippen LogP contribution in [0.1, 0.15) is 17.7 Å². The first-order valence-electron chi connectivity index (χ1n) is 8.29. The van der Waals surface area contributed by atoms with Gasteiger partial charge in [-0.2, -0.15) is 13.2 Å². The van der Waals surface area contributed by atoms with E-state index in [4.69, 9.17) is 0 Å². The Kier molecular flexibility index (Phi) is 5.04. The molecule has 1 aliphatic rings. The van der Waals surface area contributed by atoms with Gasteiger partial charge in [0, 0.05) is 11.4 Å². The number of benzene rings is 1. The number of hydrogen-bond acceptors (Lipinski definition) is 3. The summed E-state index contributed by atoms with van der Waals surface area (Å²) in [6, 6.07) is 7.84. The lowest BCUT2D eigenvalue weighted by atomic mass is 9.89. The van der Waals surface area contributed by atoms with Gasteiger partial charge in [0.05, 0.1) is 11.1 Å². The van der Waals surface area contributed by atoms with E-state index < -0.39 is 35.3 Å². The largest absolute Gasteiger partial charge is 0.416 e. The van der Waals surface area contributed by atoms with Gasteiger partial charge in [-0.1, -0.05) is 18.2 Å². The van der Waals surface area contributed by atoms with E-state index in [0.717, 1.165) is 12.1 Å². The molecule has 0 aliphatic carbocycles. The summed E-state index contributed by atoms with van der Waals surface area (Å²) in [6.45, 7) is 3.49. The smallest absolute Gasteiger partial charge is 0.355 e. The number of halogens is 3. The summed E-state index contributed by atoms with van der Waals surface area (Å²) in [6.07, 6.45) is -1.69. The molecular weight excluding hydrogens is 373 g/mol. The molecule has 0 spiro atoms. The van der Waals surface area contributed by atoms with Crippen LogP contribution in [-0.4, -0.2) is 22.6 Å². The lowest BCUT2D eigenvalue weighted by Crippen LogP contribution is -2.47. The minimum absolute atomic E-state index is 0.0928. The molecule has 2 heterocycles. The van der Waals surface area contributed by atoms with Gasteiger partial charge in [-0.25, -0.2) is 0 Å². The highest BCUT2D eigenvalue weighted by molar-refractivity contribution is 6.33. The number of nitrogens with one attached hydrogen (secondary N) is 2. The van der Waals surface area contributed by atoms with Crippen molar-refractivity contribution in [1.82, 2.24) is 10.3 Å². The van der Waals surface area contributed by atoms with Gasteiger partial charge in [0.15, 0.2) is 5.78 Å². The summed E-state index contributed by atoms with van der Waals surface area (Å²) in [7, 11) is 0. The maximum atomic E-state index is 12.9. The lowest BCUT2D eigenvalue weighted by molar-refractivity contribution is -0.140. The highest BCUT2D eigenvalue weighted by atomic mass is 19.4. The van der Waals surface area contributed by atoms with Crippen LogP contribution in [0.2, 0.25) is 0 Å². The number of hydrogen-bond donors (Lipinski definition) is 2. The molecule has 1 aromatic heterocycles. The van der Waals surface area contributed by atoms with Crippen molar-refractivity contribution >= 4 is 23.7 Å². The molecule has 2 aromatic rings. The standard InChI is InChI=1S/C20H15F3N2O3/c1-2-4-14-17(26)15(19(28)25-18(14)27)10-13-7-8-16(24-13)11-5-3-6-12(9-11)20(21,22)23/h2-3,5-10,14,24H,1,4H2,(H,25,27,28). The molecule has 5 nitrogen and oxygen atoms in total. The van der Waals surface area contributed by atoms with Crippen molar-refractivity contribution in [2.24, 2.45) is 5.92 Å². The topological polar surface area (TPSA) is 79.0 Å². The fraction of sp³-hybridized carbons (Fsp3) is 0.150. The monoisotopic (exact) mass is 388 g/mol. The van der Waals surface area contributed by atoms with Gasteiger partial charge in [-0.05, 0) is 42.3 Å². The van der Waals surface area contributed by atoms with E-state index in [1.54, 1.807) is 6.07 Å². The van der Waals surface area contributed by atoms with E-state index in [0.29, 0.717) is 17.0 Å². The molecule has 0 radical (unpaired) electrons. The van der Waals surface area contributed by atoms with E-state index in [9.17, 15) is 27.6 Å². The molecule has 2 N–H and O–H groups in total. The minimum Gasteiger partial charge on any atom is -0.355 e. The maximum absolute atomic E-state index is 12.9. The second-order valence-corrected chi connectivity index (χ2v) is 6.22. The van der Waals surface area contributed by atoms with Crippen LogP contribution in [0.3, 0.4) is 0 Å². The second-order valence-electron chi connectivity index (χ2n) is 6.22. The first kappa shape index (κ1) is 19.3. The third kappa shape index (κ3) is 3.80. The van der Waals surface area contributed by atoms with E-state index in [1.807, 2.05) is 0 Å². The number of Topliss-reactive ketones (excluding diaryl/α,β-unsaturated/α-hetero) is 1. The van der Waals surface area contributed by atoms with Gasteiger partial charge in [0.1, 0.15) is 5.92 Å². The normalized spacial score (nSPS) is 19.0. The fourth-order valence-electron chi connectivity index (χ4n) is 2.89. The molecule has 0 bridgehead atoms. The van der Waals surface area contributed by atoms with Gasteiger partial charge < -0.3 is 4.98 Å². The lowest BCUT2D eigenvalue weighted by Gasteiger charge is -2.20. The predicted octanol–water partition coefficient (Wildman–Crippen LogP) is 3.50. The predicted molar refractivity (Wildman–Crippen MR) is 95.7 cm³/mol. The van der Waals surface area contributed by atoms with Crippen LogP contribution in [0.25, 0.3) is 17.3 Å². The molecule has 0 saturated carbocycles. The SMILES string of the molecule is C=CCC1C(=O)NC(=O)C(=Cc2ccc(-c3cccc(C(F)(F)F)c3)[nH]2)C1=O. The molecule has 1 unspecified atom stereocenters. The van der Waals surface area contributed by atoms with E-state index >= 15 is 0 Å². The van der Waals surface area contributed by atoms with Crippen LogP contribution in [0.4, 0.5) is 13.2 Å². The zero-order valence-electron chi connectivity index (χ0n) is 14.5. The van der Waals surface area contributed by atoms with Gasteiger partial charge >= 0.3 is 6.18 Å². The van der Waals surface area contributed by atoms with Crippen molar-refractivity contribution in [3.8, 4) is 11.3 Å². The number of H-pyrrole nitrogens is 1. The van der Waals surface area contributed by atoms with Gasteiger partial charge in [0.25, 0.3) is 5.91 Å². The first-order chi connectivity index (χ1) is 13.2. The molecule has 2 amide bonds. The molecule has 1 aliphatic heterocycles. The van der Waals surface area contributed by atoms with Crippen LogP contribution in [0.15, 0.2) is 54.6 Å². The number of piperidine rings is 1. The number of imide groups is 1. The number of carbonyl (C=O) groups excluding carboxylic acids is 3. The molecule has 1 atom stereocenters. The Morgan fingerprint density at radius 1 is 1.11 bits per heavy atom. The summed E-state index contributed by atoms with van der Waals surface area (Å²) < 4.78 is 38.6. The third-order valence-corrected chi connectivity index (χ3v) is 4.29. The summed E-state index contributed by atoms with van der Waals surface area (Å²) in [4.78, 5) is 39.1. The van der Waals surface area contributed by atoms with E-state index in [-0.39, 0.29) is 12.0 Å². The molecule has 8 heteroatoms. The minimum atomic E-state index is -4.47. The number of alkyl halides is 3. The van der Waals surface area contributed by atoms with Crippen molar-refractivity contribution in [1.29, 1.82) is 0 Å². The average molecular weight is 388 g/mol. The molecular formula is C20H15F3N2O3. The molecule has 1 saturated heterocycles. The summed E-state index contributed by atoms with van der Waals surface area (Å²) >= 11 is 0. The molecule has 1 aromatic carbocycles. The maximum Gasteiger partial charge on any atom is 0.416 e. The Bertz CT molecular complexity index is 1000. The van der Waals surface area contributed by atoms with Crippen molar-refractivity contribution in [3.63, 3.8) is 0 Å². The van der Waals surface area contributed by atoms with Crippen molar-refractivity contribution in [2.75, 3.05) is 0 Å². The second kappa shape index (κ2) is 7.30. The Morgan fingerprint density at radius 2 is 1.86 bits per heavy atom. The van der Waals surface area contributed by atoms with Crippen LogP contribution in [-0.2, 0) is 20.6 Å². The number of amides is 2. The molecule has 144 valence electrons. The molecule has 1 fully saturated rings. The summed E-state index contributed by atoms with van der Waals surface area (Å²) in [5.74, 6) is -3.14. The van der Waals surface area contributed by atoms with Crippen LogP contribution < -0.4 is 5.32 Å². The number of aromatic amines is 1. The fourth-order valence-corrected chi connectivity index (χ4v) is 2.89. The Balaban J connectivity index is 1.92. The van der Waals surface area contributed by atoms with Gasteiger partial charge in [-0.15, -0.1) is 6.58 Å². The Labute approximate surface area is 157 Å². The van der Waals surface area contributed by atoms with Gasteiger partial charge in [0.2, 0.25) is 5.91 Å². The average Bonchev–Trinajstić information content (AvgIpc) is 3.10. The van der Waals surface area contributed by atoms with Crippen LogP contribution >= 0.6 is 0 Å². The van der Waals surface area contributed by atoms with Gasteiger partial charge in [-0.3, -0.25) is 19.7 Å². The number of carbonyl (C=O) groups is 3. The van der Waals surface area contributed by atoms with Crippen molar-refractivity contribution < 1.29 is 27.6 Å². The number of rotatable bonds is 4. The van der Waals surface area contributed by atoms with Crippen molar-refractivity contribution in [2.45, 2.75) is 12.6 Å². The Morgan fingerprint density at radius 3 is 2.54 bits per heavy atom. The summed E-state index contributed by atoms with van der Waals surface area (Å²) in [5.41, 5.74) is 0.0487. The van der Waals surface area contributed by atoms with E-state index in [2.05, 4.69) is 16.9 Å². The Hall–Kier alpha value is -3.42. The third-order valence-electron chi connectivity index (χ3n) is 4.29. The highest BCUT2D eigenvalue weighted by Gasteiger charge is 2.37.